The minimum atomic E-state index is 0.630. The molecule has 0 saturated heterocycles. The molecule has 0 bridgehead atoms. The first-order valence-electron chi connectivity index (χ1n) is 16.2. The van der Waals surface area contributed by atoms with Crippen molar-refractivity contribution in [2.24, 2.45) is 0 Å². The minimum absolute atomic E-state index is 0.630. The normalized spacial score (nSPS) is 11.3. The van der Waals surface area contributed by atoms with Crippen LogP contribution >= 0.6 is 0 Å². The van der Waals surface area contributed by atoms with Gasteiger partial charge in [-0.1, -0.05) is 127 Å². The van der Waals surface area contributed by atoms with Crippen LogP contribution in [0.4, 0.5) is 17.1 Å². The highest BCUT2D eigenvalue weighted by molar-refractivity contribution is 6.18. The topological polar surface area (TPSA) is 29.3 Å². The van der Waals surface area contributed by atoms with E-state index in [4.69, 9.17) is 9.40 Å². The lowest BCUT2D eigenvalue weighted by molar-refractivity contribution is 0.623. The van der Waals surface area contributed by atoms with Gasteiger partial charge in [0, 0.05) is 28.0 Å². The molecular formula is C45H30N2O. The lowest BCUT2D eigenvalue weighted by atomic mass is 9.99. The Labute approximate surface area is 279 Å². The maximum absolute atomic E-state index is 6.53. The van der Waals surface area contributed by atoms with Gasteiger partial charge in [-0.3, -0.25) is 0 Å². The van der Waals surface area contributed by atoms with Crippen LogP contribution in [0.5, 0.6) is 0 Å². The number of oxazole rings is 1. The Morgan fingerprint density at radius 2 is 0.854 bits per heavy atom. The van der Waals surface area contributed by atoms with E-state index in [-0.39, 0.29) is 0 Å². The Hall–Kier alpha value is -6.45. The second-order valence-corrected chi connectivity index (χ2v) is 12.0. The molecule has 3 nitrogen and oxygen atoms in total. The van der Waals surface area contributed by atoms with Gasteiger partial charge in [-0.25, -0.2) is 4.98 Å². The molecule has 0 amide bonds. The highest BCUT2D eigenvalue weighted by Crippen LogP contribution is 2.41. The van der Waals surface area contributed by atoms with Gasteiger partial charge in [0.2, 0.25) is 5.89 Å². The van der Waals surface area contributed by atoms with E-state index >= 15 is 0 Å². The second kappa shape index (κ2) is 11.7. The van der Waals surface area contributed by atoms with Crippen LogP contribution in [-0.4, -0.2) is 4.98 Å². The minimum Gasteiger partial charge on any atom is -0.435 e. The Balaban J connectivity index is 1.22. The van der Waals surface area contributed by atoms with Gasteiger partial charge < -0.3 is 9.32 Å². The molecule has 226 valence electrons. The third-order valence-corrected chi connectivity index (χ3v) is 9.08. The van der Waals surface area contributed by atoms with Crippen molar-refractivity contribution in [3.05, 3.63) is 182 Å². The highest BCUT2D eigenvalue weighted by Gasteiger charge is 2.17. The fraction of sp³-hybridized carbons (Fsp3) is 0. The Morgan fingerprint density at radius 3 is 1.44 bits per heavy atom. The summed E-state index contributed by atoms with van der Waals surface area (Å²) in [5.41, 5.74) is 10.6. The number of rotatable bonds is 6. The maximum atomic E-state index is 6.53. The standard InChI is InChI=1S/C45H30N2O/c1-4-10-31(11-5-1)33-18-24-38(25-19-33)47(39-26-20-34(21-27-39)32-12-6-2-7-13-32)40-28-22-35-16-17-36-23-29-42-44(43(36)41(35)30-40)48-45(46-42)37-14-8-3-9-15-37/h1-30H. The van der Waals surface area contributed by atoms with E-state index < -0.39 is 0 Å². The molecule has 0 N–H and O–H groups in total. The van der Waals surface area contributed by atoms with Gasteiger partial charge in [0.05, 0.1) is 0 Å². The van der Waals surface area contributed by atoms with Gasteiger partial charge in [-0.15, -0.1) is 0 Å². The smallest absolute Gasteiger partial charge is 0.227 e. The van der Waals surface area contributed by atoms with Crippen LogP contribution in [0.2, 0.25) is 0 Å². The molecule has 0 fully saturated rings. The van der Waals surface area contributed by atoms with E-state index in [0.717, 1.165) is 55.3 Å². The van der Waals surface area contributed by atoms with Gasteiger partial charge in [-0.2, -0.15) is 0 Å². The summed E-state index contributed by atoms with van der Waals surface area (Å²) < 4.78 is 6.53. The summed E-state index contributed by atoms with van der Waals surface area (Å²) in [5, 5.41) is 4.46. The third kappa shape index (κ3) is 4.99. The summed E-state index contributed by atoms with van der Waals surface area (Å²) in [6.07, 6.45) is 0. The Morgan fingerprint density at radius 1 is 0.396 bits per heavy atom. The molecule has 48 heavy (non-hydrogen) atoms. The SMILES string of the molecule is c1ccc(-c2ccc(N(c3ccc(-c4ccccc4)cc3)c3ccc4ccc5ccc6nc(-c7ccccc7)oc6c5c4c3)cc2)cc1. The number of anilines is 3. The molecule has 0 radical (unpaired) electrons. The Kier molecular flexibility index (Phi) is 6.80. The first kappa shape index (κ1) is 27.8. The van der Waals surface area contributed by atoms with Crippen molar-refractivity contribution in [1.82, 2.24) is 4.98 Å². The van der Waals surface area contributed by atoms with Crippen molar-refractivity contribution in [3.63, 3.8) is 0 Å². The monoisotopic (exact) mass is 614 g/mol. The molecule has 1 aromatic heterocycles. The average molecular weight is 615 g/mol. The zero-order chi connectivity index (χ0) is 31.9. The average Bonchev–Trinajstić information content (AvgIpc) is 3.61. The van der Waals surface area contributed by atoms with Crippen LogP contribution < -0.4 is 4.90 Å². The van der Waals surface area contributed by atoms with Crippen molar-refractivity contribution in [3.8, 4) is 33.7 Å². The maximum Gasteiger partial charge on any atom is 0.227 e. The van der Waals surface area contributed by atoms with E-state index in [9.17, 15) is 0 Å². The van der Waals surface area contributed by atoms with E-state index in [1.54, 1.807) is 0 Å². The number of fused-ring (bicyclic) bond motifs is 5. The summed E-state index contributed by atoms with van der Waals surface area (Å²) in [7, 11) is 0. The van der Waals surface area contributed by atoms with Gasteiger partial charge in [0.25, 0.3) is 0 Å². The molecule has 8 aromatic carbocycles. The summed E-state index contributed by atoms with van der Waals surface area (Å²) in [4.78, 5) is 7.21. The summed E-state index contributed by atoms with van der Waals surface area (Å²) >= 11 is 0. The van der Waals surface area contributed by atoms with Gasteiger partial charge in [-0.05, 0) is 93.0 Å². The van der Waals surface area contributed by atoms with Crippen LogP contribution in [0.15, 0.2) is 186 Å². The highest BCUT2D eigenvalue weighted by atomic mass is 16.3. The van der Waals surface area contributed by atoms with Crippen molar-refractivity contribution >= 4 is 49.7 Å². The van der Waals surface area contributed by atoms with Crippen LogP contribution in [0.1, 0.15) is 0 Å². The number of aromatic nitrogens is 1. The molecule has 0 atom stereocenters. The Bertz CT molecular complexity index is 2440. The molecule has 0 spiro atoms. The number of nitrogens with zero attached hydrogens (tertiary/aromatic N) is 2. The van der Waals surface area contributed by atoms with Gasteiger partial charge in [0.15, 0.2) is 5.58 Å². The quantitative estimate of drug-likeness (QED) is 0.175. The van der Waals surface area contributed by atoms with Crippen LogP contribution in [0.3, 0.4) is 0 Å². The van der Waals surface area contributed by atoms with E-state index in [1.165, 1.54) is 22.3 Å². The molecule has 9 aromatic rings. The predicted molar refractivity (Wildman–Crippen MR) is 200 cm³/mol. The molecule has 1 heterocycles. The third-order valence-electron chi connectivity index (χ3n) is 9.08. The molecular weight excluding hydrogens is 585 g/mol. The zero-order valence-electron chi connectivity index (χ0n) is 26.1. The van der Waals surface area contributed by atoms with Crippen molar-refractivity contribution < 1.29 is 4.42 Å². The molecule has 3 heteroatoms. The van der Waals surface area contributed by atoms with Gasteiger partial charge in [0.1, 0.15) is 5.52 Å². The van der Waals surface area contributed by atoms with Crippen LogP contribution in [0.25, 0.3) is 66.4 Å². The first-order valence-corrected chi connectivity index (χ1v) is 16.2. The lowest BCUT2D eigenvalue weighted by Crippen LogP contribution is -2.09. The van der Waals surface area contributed by atoms with Crippen molar-refractivity contribution in [2.75, 3.05) is 4.90 Å². The molecule has 9 rings (SSSR count). The molecule has 0 aliphatic rings. The van der Waals surface area contributed by atoms with E-state index in [1.807, 2.05) is 30.3 Å². The number of hydrogen-bond donors (Lipinski definition) is 0. The van der Waals surface area contributed by atoms with Crippen molar-refractivity contribution in [1.29, 1.82) is 0 Å². The van der Waals surface area contributed by atoms with E-state index in [2.05, 4.69) is 157 Å². The van der Waals surface area contributed by atoms with Crippen LogP contribution in [0, 0.1) is 0 Å². The van der Waals surface area contributed by atoms with Gasteiger partial charge >= 0.3 is 0 Å². The fourth-order valence-electron chi connectivity index (χ4n) is 6.67. The summed E-state index contributed by atoms with van der Waals surface area (Å²) in [5.74, 6) is 0.630. The summed E-state index contributed by atoms with van der Waals surface area (Å²) in [6, 6.07) is 64.0. The second-order valence-electron chi connectivity index (χ2n) is 12.0. The molecule has 0 aliphatic carbocycles. The summed E-state index contributed by atoms with van der Waals surface area (Å²) in [6.45, 7) is 0. The lowest BCUT2D eigenvalue weighted by Gasteiger charge is -2.26. The first-order chi connectivity index (χ1) is 23.8. The molecule has 0 saturated carbocycles. The van der Waals surface area contributed by atoms with Crippen molar-refractivity contribution in [2.45, 2.75) is 0 Å². The van der Waals surface area contributed by atoms with Crippen LogP contribution in [-0.2, 0) is 0 Å². The van der Waals surface area contributed by atoms with E-state index in [0.29, 0.717) is 5.89 Å². The molecule has 0 unspecified atom stereocenters. The largest absolute Gasteiger partial charge is 0.435 e. The molecule has 0 aliphatic heterocycles. The number of benzene rings is 8. The fourth-order valence-corrected chi connectivity index (χ4v) is 6.67. The zero-order valence-corrected chi connectivity index (χ0v) is 26.1. The predicted octanol–water partition coefficient (Wildman–Crippen LogP) is 12.6. The number of hydrogen-bond acceptors (Lipinski definition) is 3.